The molecule has 0 saturated heterocycles. The second-order valence-corrected chi connectivity index (χ2v) is 7.37. The summed E-state index contributed by atoms with van der Waals surface area (Å²) in [6.07, 6.45) is -5.56. The Morgan fingerprint density at radius 1 is 1.30 bits per heavy atom. The van der Waals surface area contributed by atoms with Crippen molar-refractivity contribution in [2.75, 3.05) is 23.8 Å². The summed E-state index contributed by atoms with van der Waals surface area (Å²) in [7, 11) is 1.67. The predicted octanol–water partition coefficient (Wildman–Crippen LogP) is 3.49. The molecule has 144 valence electrons. The Balaban J connectivity index is 1.90. The first-order valence-corrected chi connectivity index (χ1v) is 9.12. The van der Waals surface area contributed by atoms with E-state index in [0.29, 0.717) is 11.4 Å². The first kappa shape index (κ1) is 19.4. The molecule has 1 aromatic carbocycles. The number of halogens is 3. The number of hydrogen-bond donors (Lipinski definition) is 1. The summed E-state index contributed by atoms with van der Waals surface area (Å²) in [5.41, 5.74) is 0.253. The maximum atomic E-state index is 13.7. The zero-order valence-corrected chi connectivity index (χ0v) is 15.3. The summed E-state index contributed by atoms with van der Waals surface area (Å²) in [4.78, 5) is 28.2. The van der Waals surface area contributed by atoms with E-state index in [2.05, 4.69) is 5.32 Å². The highest BCUT2D eigenvalue weighted by Crippen LogP contribution is 2.37. The third kappa shape index (κ3) is 4.48. The number of rotatable bonds is 4. The van der Waals surface area contributed by atoms with Crippen LogP contribution in [0.3, 0.4) is 0 Å². The van der Waals surface area contributed by atoms with Crippen molar-refractivity contribution in [1.29, 1.82) is 0 Å². The Kier molecular flexibility index (Phi) is 5.52. The largest absolute Gasteiger partial charge is 0.409 e. The average molecular weight is 397 g/mol. The van der Waals surface area contributed by atoms with Crippen LogP contribution in [0.2, 0.25) is 0 Å². The Bertz CT molecular complexity index is 824. The molecule has 2 amide bonds. The third-order valence-corrected chi connectivity index (χ3v) is 5.05. The van der Waals surface area contributed by atoms with E-state index in [1.54, 1.807) is 24.1 Å². The van der Waals surface area contributed by atoms with Crippen molar-refractivity contribution in [1.82, 2.24) is 4.90 Å². The third-order valence-electron chi connectivity index (χ3n) is 4.19. The van der Waals surface area contributed by atoms with Crippen LogP contribution in [0, 0.1) is 0 Å². The fourth-order valence-electron chi connectivity index (χ4n) is 3.03. The van der Waals surface area contributed by atoms with Crippen LogP contribution in [0.1, 0.15) is 11.3 Å². The van der Waals surface area contributed by atoms with Crippen LogP contribution in [-0.4, -0.2) is 42.5 Å². The Morgan fingerprint density at radius 2 is 2.04 bits per heavy atom. The lowest BCUT2D eigenvalue weighted by Crippen LogP contribution is -2.52. The van der Waals surface area contributed by atoms with Crippen molar-refractivity contribution in [3.05, 3.63) is 46.7 Å². The smallest absolute Gasteiger partial charge is 0.324 e. The minimum absolute atomic E-state index is 0.0557. The molecule has 1 atom stereocenters. The van der Waals surface area contributed by atoms with Crippen LogP contribution < -0.4 is 10.2 Å². The molecule has 1 aromatic heterocycles. The van der Waals surface area contributed by atoms with Gasteiger partial charge in [-0.25, -0.2) is 0 Å². The highest BCUT2D eigenvalue weighted by molar-refractivity contribution is 7.09. The van der Waals surface area contributed by atoms with Crippen molar-refractivity contribution in [3.63, 3.8) is 0 Å². The first-order valence-electron chi connectivity index (χ1n) is 8.24. The van der Waals surface area contributed by atoms with E-state index in [1.165, 1.54) is 23.5 Å². The fourth-order valence-corrected chi connectivity index (χ4v) is 3.81. The monoisotopic (exact) mass is 397 g/mol. The number of nitrogens with zero attached hydrogens (tertiary/aromatic N) is 2. The summed E-state index contributed by atoms with van der Waals surface area (Å²) in [6, 6.07) is 7.60. The second kappa shape index (κ2) is 7.69. The number of amides is 2. The molecule has 0 aliphatic carbocycles. The molecule has 1 aliphatic rings. The summed E-state index contributed by atoms with van der Waals surface area (Å²) < 4.78 is 41.0. The number of carbonyl (C=O) groups is 2. The lowest BCUT2D eigenvalue weighted by atomic mass is 10.1. The molecule has 0 spiro atoms. The fraction of sp³-hybridized carbons (Fsp3) is 0.333. The van der Waals surface area contributed by atoms with Gasteiger partial charge in [0, 0.05) is 11.4 Å². The summed E-state index contributed by atoms with van der Waals surface area (Å²) in [5.74, 6) is -1.48. The van der Waals surface area contributed by atoms with Crippen LogP contribution in [0.5, 0.6) is 0 Å². The number of anilines is 2. The first-order chi connectivity index (χ1) is 12.8. The SMILES string of the molecule is CN(CC(=O)N1c2ccccc2NC(=O)C[C@@H]1C(F)(F)F)Cc1cccs1. The molecule has 2 aromatic rings. The van der Waals surface area contributed by atoms with E-state index in [9.17, 15) is 22.8 Å². The lowest BCUT2D eigenvalue weighted by molar-refractivity contribution is -0.158. The quantitative estimate of drug-likeness (QED) is 0.859. The zero-order valence-electron chi connectivity index (χ0n) is 14.5. The van der Waals surface area contributed by atoms with Crippen LogP contribution in [0.15, 0.2) is 41.8 Å². The molecule has 1 N–H and O–H groups in total. The van der Waals surface area contributed by atoms with Gasteiger partial charge in [-0.1, -0.05) is 18.2 Å². The highest BCUT2D eigenvalue weighted by Gasteiger charge is 2.49. The van der Waals surface area contributed by atoms with Gasteiger partial charge < -0.3 is 5.32 Å². The number of carbonyl (C=O) groups excluding carboxylic acids is 2. The van der Waals surface area contributed by atoms with Gasteiger partial charge in [-0.05, 0) is 30.6 Å². The Hall–Kier alpha value is -2.39. The van der Waals surface area contributed by atoms with E-state index in [1.807, 2.05) is 17.5 Å². The Morgan fingerprint density at radius 3 is 2.70 bits per heavy atom. The Labute approximate surface area is 158 Å². The van der Waals surface area contributed by atoms with Gasteiger partial charge in [-0.15, -0.1) is 11.3 Å². The van der Waals surface area contributed by atoms with E-state index < -0.39 is 30.5 Å². The number of thiophene rings is 1. The van der Waals surface area contributed by atoms with E-state index in [0.717, 1.165) is 4.88 Å². The number of likely N-dealkylation sites (N-methyl/N-ethyl adjacent to an activating group) is 1. The van der Waals surface area contributed by atoms with Gasteiger partial charge in [0.2, 0.25) is 11.8 Å². The van der Waals surface area contributed by atoms with Gasteiger partial charge in [0.25, 0.3) is 0 Å². The van der Waals surface area contributed by atoms with Crippen LogP contribution in [0.25, 0.3) is 0 Å². The number of para-hydroxylation sites is 2. The van der Waals surface area contributed by atoms with Gasteiger partial charge >= 0.3 is 6.18 Å². The summed E-state index contributed by atoms with van der Waals surface area (Å²) in [5, 5.41) is 4.35. The molecular weight excluding hydrogens is 379 g/mol. The van der Waals surface area contributed by atoms with Crippen molar-refractivity contribution < 1.29 is 22.8 Å². The molecule has 2 heterocycles. The zero-order chi connectivity index (χ0) is 19.6. The molecule has 0 unspecified atom stereocenters. The molecule has 9 heteroatoms. The molecule has 0 radical (unpaired) electrons. The van der Waals surface area contributed by atoms with E-state index >= 15 is 0 Å². The molecular formula is C18H18F3N3O2S. The number of alkyl halides is 3. The van der Waals surface area contributed by atoms with Crippen molar-refractivity contribution >= 4 is 34.5 Å². The standard InChI is InChI=1S/C18H18F3N3O2S/c1-23(10-12-5-4-8-27-12)11-17(26)24-14-7-3-2-6-13(14)22-16(25)9-15(24)18(19,20)21/h2-8,15H,9-11H2,1H3,(H,22,25)/t15-/m1/s1. The molecule has 0 saturated carbocycles. The predicted molar refractivity (Wildman–Crippen MR) is 97.7 cm³/mol. The molecule has 0 bridgehead atoms. The van der Waals surface area contributed by atoms with E-state index in [-0.39, 0.29) is 17.9 Å². The number of fused-ring (bicyclic) bond motifs is 1. The van der Waals surface area contributed by atoms with E-state index in [4.69, 9.17) is 0 Å². The second-order valence-electron chi connectivity index (χ2n) is 6.34. The van der Waals surface area contributed by atoms with Crippen molar-refractivity contribution in [2.45, 2.75) is 25.2 Å². The normalized spacial score (nSPS) is 17.4. The molecule has 3 rings (SSSR count). The van der Waals surface area contributed by atoms with Gasteiger partial charge in [0.05, 0.1) is 24.3 Å². The molecule has 27 heavy (non-hydrogen) atoms. The summed E-state index contributed by atoms with van der Waals surface area (Å²) in [6.45, 7) is 0.250. The minimum atomic E-state index is -4.73. The van der Waals surface area contributed by atoms with Crippen LogP contribution >= 0.6 is 11.3 Å². The van der Waals surface area contributed by atoms with Crippen LogP contribution in [-0.2, 0) is 16.1 Å². The topological polar surface area (TPSA) is 52.7 Å². The minimum Gasteiger partial charge on any atom is -0.324 e. The van der Waals surface area contributed by atoms with Crippen molar-refractivity contribution in [2.24, 2.45) is 0 Å². The summed E-state index contributed by atoms with van der Waals surface area (Å²) >= 11 is 1.51. The lowest BCUT2D eigenvalue weighted by Gasteiger charge is -2.32. The van der Waals surface area contributed by atoms with Crippen molar-refractivity contribution in [3.8, 4) is 0 Å². The van der Waals surface area contributed by atoms with Gasteiger partial charge in [0.15, 0.2) is 0 Å². The van der Waals surface area contributed by atoms with Gasteiger partial charge in [0.1, 0.15) is 6.04 Å². The number of nitrogens with one attached hydrogen (secondary N) is 1. The maximum Gasteiger partial charge on any atom is 0.409 e. The maximum absolute atomic E-state index is 13.7. The van der Waals surface area contributed by atoms with Gasteiger partial charge in [-0.2, -0.15) is 13.2 Å². The van der Waals surface area contributed by atoms with Gasteiger partial charge in [-0.3, -0.25) is 19.4 Å². The van der Waals surface area contributed by atoms with Crippen LogP contribution in [0.4, 0.5) is 24.5 Å². The number of benzene rings is 1. The average Bonchev–Trinajstić information content (AvgIpc) is 3.01. The highest BCUT2D eigenvalue weighted by atomic mass is 32.1. The molecule has 1 aliphatic heterocycles. The molecule has 0 fully saturated rings. The number of hydrogen-bond acceptors (Lipinski definition) is 4. The molecule has 5 nitrogen and oxygen atoms in total.